The van der Waals surface area contributed by atoms with Gasteiger partial charge in [0.05, 0.1) is 5.69 Å². The number of thioether (sulfide) groups is 1. The van der Waals surface area contributed by atoms with Gasteiger partial charge in [-0.2, -0.15) is 9.50 Å². The van der Waals surface area contributed by atoms with Crippen LogP contribution in [0.1, 0.15) is 25.6 Å². The summed E-state index contributed by atoms with van der Waals surface area (Å²) in [6.45, 7) is 3.97. The number of carbonyl (C=O) groups excluding carboxylic acids is 1. The summed E-state index contributed by atoms with van der Waals surface area (Å²) in [5, 5.41) is 5.58. The second-order valence-corrected chi connectivity index (χ2v) is 8.22. The van der Waals surface area contributed by atoms with Crippen molar-refractivity contribution in [2.45, 2.75) is 30.5 Å². The highest BCUT2D eigenvalue weighted by molar-refractivity contribution is 7.98. The van der Waals surface area contributed by atoms with Gasteiger partial charge in [-0.05, 0) is 50.2 Å². The molecule has 2 N–H and O–H groups in total. The van der Waals surface area contributed by atoms with E-state index in [4.69, 9.17) is 0 Å². The van der Waals surface area contributed by atoms with E-state index in [0.29, 0.717) is 22.9 Å². The summed E-state index contributed by atoms with van der Waals surface area (Å²) in [6.07, 6.45) is 1.63. The van der Waals surface area contributed by atoms with Crippen LogP contribution in [-0.4, -0.2) is 25.2 Å². The van der Waals surface area contributed by atoms with Gasteiger partial charge < -0.3 is 10.6 Å². The van der Waals surface area contributed by atoms with Crippen LogP contribution in [0.15, 0.2) is 76.7 Å². The summed E-state index contributed by atoms with van der Waals surface area (Å²) in [5.74, 6) is 0.947. The zero-order valence-corrected chi connectivity index (χ0v) is 18.0. The van der Waals surface area contributed by atoms with E-state index in [1.54, 1.807) is 28.8 Å². The van der Waals surface area contributed by atoms with Gasteiger partial charge >= 0.3 is 6.03 Å². The number of amides is 2. The topological polar surface area (TPSA) is 93.3 Å². The van der Waals surface area contributed by atoms with Crippen LogP contribution in [0, 0.1) is 0 Å². The minimum atomic E-state index is -0.301. The van der Waals surface area contributed by atoms with Crippen LogP contribution in [0.25, 0.3) is 5.78 Å². The molecule has 0 aliphatic heterocycles. The standard InChI is InChI=1S/C22H22N6O2S/c1-15(2)27-14-23-21-24-18(12-20(29)28(21)27)13-31-19-10-8-17(9-11-19)26-22(30)25-16-6-4-3-5-7-16/h3-12,14-15H,13H2,1-2H3,(H2,25,26,30). The number of urea groups is 1. The number of fused-ring (bicyclic) bond motifs is 1. The van der Waals surface area contributed by atoms with Crippen molar-refractivity contribution >= 4 is 34.9 Å². The molecule has 0 aliphatic rings. The number of rotatable bonds is 6. The average molecular weight is 435 g/mol. The number of nitrogens with one attached hydrogen (secondary N) is 2. The molecule has 0 bridgehead atoms. The van der Waals surface area contributed by atoms with Gasteiger partial charge in [0.25, 0.3) is 11.3 Å². The molecule has 31 heavy (non-hydrogen) atoms. The maximum Gasteiger partial charge on any atom is 0.323 e. The van der Waals surface area contributed by atoms with Crippen molar-refractivity contribution in [1.82, 2.24) is 19.2 Å². The first-order chi connectivity index (χ1) is 15.0. The third-order valence-corrected chi connectivity index (χ3v) is 5.56. The van der Waals surface area contributed by atoms with Crippen LogP contribution in [0.4, 0.5) is 16.2 Å². The Labute approximate surface area is 183 Å². The summed E-state index contributed by atoms with van der Waals surface area (Å²) in [4.78, 5) is 34.3. The van der Waals surface area contributed by atoms with Crippen LogP contribution in [0.3, 0.4) is 0 Å². The molecule has 2 aromatic heterocycles. The van der Waals surface area contributed by atoms with Crippen molar-refractivity contribution in [3.63, 3.8) is 0 Å². The summed E-state index contributed by atoms with van der Waals surface area (Å²) in [6, 6.07) is 18.1. The number of hydrogen-bond donors (Lipinski definition) is 2. The van der Waals surface area contributed by atoms with E-state index in [2.05, 4.69) is 20.6 Å². The molecule has 0 aliphatic carbocycles. The molecule has 2 aromatic carbocycles. The number of nitrogens with zero attached hydrogens (tertiary/aromatic N) is 4. The summed E-state index contributed by atoms with van der Waals surface area (Å²) < 4.78 is 3.25. The van der Waals surface area contributed by atoms with E-state index in [0.717, 1.165) is 10.6 Å². The van der Waals surface area contributed by atoms with Crippen LogP contribution in [-0.2, 0) is 5.75 Å². The molecule has 8 nitrogen and oxygen atoms in total. The Morgan fingerprint density at radius 3 is 2.39 bits per heavy atom. The maximum absolute atomic E-state index is 12.5. The lowest BCUT2D eigenvalue weighted by atomic mass is 10.3. The molecule has 158 valence electrons. The quantitative estimate of drug-likeness (QED) is 0.439. The highest BCUT2D eigenvalue weighted by Gasteiger charge is 2.10. The van der Waals surface area contributed by atoms with Crippen molar-refractivity contribution in [3.05, 3.63) is 83.0 Å². The van der Waals surface area contributed by atoms with E-state index < -0.39 is 0 Å². The lowest BCUT2D eigenvalue weighted by Gasteiger charge is -2.09. The minimum absolute atomic E-state index is 0.117. The van der Waals surface area contributed by atoms with Gasteiger partial charge in [0.2, 0.25) is 0 Å². The van der Waals surface area contributed by atoms with Gasteiger partial charge in [-0.25, -0.2) is 9.78 Å². The number of hydrogen-bond acceptors (Lipinski definition) is 5. The van der Waals surface area contributed by atoms with Gasteiger partial charge in [-0.1, -0.05) is 18.2 Å². The second kappa shape index (κ2) is 9.05. The highest BCUT2D eigenvalue weighted by Crippen LogP contribution is 2.23. The number of benzene rings is 2. The smallest absolute Gasteiger partial charge is 0.308 e. The zero-order chi connectivity index (χ0) is 21.8. The second-order valence-electron chi connectivity index (χ2n) is 7.17. The number of carbonyl (C=O) groups is 1. The first kappa shape index (κ1) is 20.7. The number of para-hydroxylation sites is 1. The molecule has 0 spiro atoms. The Hall–Kier alpha value is -3.59. The normalized spacial score (nSPS) is 11.1. The van der Waals surface area contributed by atoms with E-state index in [1.165, 1.54) is 4.52 Å². The van der Waals surface area contributed by atoms with Gasteiger partial charge in [0.1, 0.15) is 6.33 Å². The van der Waals surface area contributed by atoms with E-state index in [-0.39, 0.29) is 17.6 Å². The summed E-state index contributed by atoms with van der Waals surface area (Å²) in [5.41, 5.74) is 1.95. The molecule has 0 atom stereocenters. The summed E-state index contributed by atoms with van der Waals surface area (Å²) >= 11 is 1.56. The lowest BCUT2D eigenvalue weighted by Crippen LogP contribution is -2.22. The SMILES string of the molecule is CC(C)n1cnc2nc(CSc3ccc(NC(=O)Nc4ccccc4)cc3)cc(=O)n21. The first-order valence-corrected chi connectivity index (χ1v) is 10.8. The third-order valence-electron chi connectivity index (χ3n) is 4.51. The predicted molar refractivity (Wildman–Crippen MR) is 123 cm³/mol. The Kier molecular flexibility index (Phi) is 6.03. The Balaban J connectivity index is 1.37. The van der Waals surface area contributed by atoms with Gasteiger partial charge in [0, 0.05) is 34.1 Å². The molecule has 0 fully saturated rings. The fraction of sp³-hybridized carbons (Fsp3) is 0.182. The highest BCUT2D eigenvalue weighted by atomic mass is 32.2. The van der Waals surface area contributed by atoms with Crippen molar-refractivity contribution in [3.8, 4) is 0 Å². The molecule has 0 radical (unpaired) electrons. The van der Waals surface area contributed by atoms with Gasteiger partial charge in [0.15, 0.2) is 0 Å². The minimum Gasteiger partial charge on any atom is -0.308 e. The fourth-order valence-corrected chi connectivity index (χ4v) is 3.81. The zero-order valence-electron chi connectivity index (χ0n) is 17.1. The molecule has 0 saturated carbocycles. The molecule has 2 amide bonds. The van der Waals surface area contributed by atoms with Gasteiger partial charge in [-0.15, -0.1) is 11.8 Å². The number of anilines is 2. The maximum atomic E-state index is 12.5. The van der Waals surface area contributed by atoms with E-state index in [1.807, 2.05) is 68.4 Å². The molecular formula is C22H22N6O2S. The van der Waals surface area contributed by atoms with Crippen LogP contribution < -0.4 is 16.2 Å². The largest absolute Gasteiger partial charge is 0.323 e. The molecule has 4 aromatic rings. The predicted octanol–water partition coefficient (Wildman–Crippen LogP) is 4.41. The molecule has 0 unspecified atom stereocenters. The van der Waals surface area contributed by atoms with E-state index in [9.17, 15) is 9.59 Å². The van der Waals surface area contributed by atoms with Gasteiger partial charge in [-0.3, -0.25) is 9.48 Å². The average Bonchev–Trinajstić information content (AvgIpc) is 3.19. The molecule has 2 heterocycles. The van der Waals surface area contributed by atoms with Crippen LogP contribution >= 0.6 is 11.8 Å². The Morgan fingerprint density at radius 2 is 1.71 bits per heavy atom. The summed E-state index contributed by atoms with van der Waals surface area (Å²) in [7, 11) is 0. The first-order valence-electron chi connectivity index (χ1n) is 9.81. The molecule has 9 heteroatoms. The Morgan fingerprint density at radius 1 is 1.03 bits per heavy atom. The monoisotopic (exact) mass is 434 g/mol. The van der Waals surface area contributed by atoms with Crippen molar-refractivity contribution in [1.29, 1.82) is 0 Å². The van der Waals surface area contributed by atoms with Crippen LogP contribution in [0.5, 0.6) is 0 Å². The molecule has 4 rings (SSSR count). The van der Waals surface area contributed by atoms with Crippen molar-refractivity contribution in [2.75, 3.05) is 10.6 Å². The molecule has 0 saturated heterocycles. The Bertz CT molecular complexity index is 1250. The van der Waals surface area contributed by atoms with E-state index >= 15 is 0 Å². The third kappa shape index (κ3) is 4.95. The lowest BCUT2D eigenvalue weighted by molar-refractivity contribution is 0.262. The fourth-order valence-electron chi connectivity index (χ4n) is 3.02. The van der Waals surface area contributed by atoms with Crippen molar-refractivity contribution in [2.24, 2.45) is 0 Å². The number of aromatic nitrogens is 4. The van der Waals surface area contributed by atoms with Crippen molar-refractivity contribution < 1.29 is 4.79 Å². The molecular weight excluding hydrogens is 412 g/mol. The van der Waals surface area contributed by atoms with Crippen LogP contribution in [0.2, 0.25) is 0 Å².